The number of carbonyl (C=O) groups excluding carboxylic acids is 2. The van der Waals surface area contributed by atoms with E-state index in [0.717, 1.165) is 19.3 Å². The fourth-order valence-corrected chi connectivity index (χ4v) is 7.19. The first-order chi connectivity index (χ1) is 21.5. The van der Waals surface area contributed by atoms with Gasteiger partial charge in [0.1, 0.15) is 16.9 Å². The second-order valence-electron chi connectivity index (χ2n) is 12.5. The first kappa shape index (κ1) is 36.5. The summed E-state index contributed by atoms with van der Waals surface area (Å²) < 4.78 is 34.0. The van der Waals surface area contributed by atoms with E-state index in [1.165, 1.54) is 50.7 Å². The van der Waals surface area contributed by atoms with Gasteiger partial charge in [-0.3, -0.25) is 14.7 Å². The topological polar surface area (TPSA) is 136 Å². The van der Waals surface area contributed by atoms with Gasteiger partial charge in [-0.15, -0.1) is 0 Å². The number of hydrogen-bond donors (Lipinski definition) is 2. The first-order valence-corrected chi connectivity index (χ1v) is 18.2. The van der Waals surface area contributed by atoms with Crippen LogP contribution in [0.25, 0.3) is 5.65 Å². The monoisotopic (exact) mass is 663 g/mol. The molecule has 1 amide bonds. The summed E-state index contributed by atoms with van der Waals surface area (Å²) in [5.41, 5.74) is 0.612. The number of nitrogens with zero attached hydrogens (tertiary/aromatic N) is 3. The van der Waals surface area contributed by atoms with E-state index in [0.29, 0.717) is 35.0 Å². The number of aromatic amines is 1. The maximum absolute atomic E-state index is 13.4. The van der Waals surface area contributed by atoms with Crippen LogP contribution in [0, 0.1) is 6.92 Å². The number of fused-ring (bicyclic) bond motifs is 1. The standard InChI is InChI=1S/C33H50ClN5O5S/c1-5-6-7-8-9-10-11-12-13-17-21-27(45(42,43)26-19-15-14-16-20-26)31(41)35-23-18-22-28(40)44-24-33(3,4)32-37-36-30-29(34)25(2)38-39(30)32/h14-16,19-20,27,36H,5-13,17-18,21-24H2,1-4H3,(H,35,41). The van der Waals surface area contributed by atoms with Crippen LogP contribution < -0.4 is 5.32 Å². The van der Waals surface area contributed by atoms with Gasteiger partial charge in [-0.2, -0.15) is 14.7 Å². The maximum Gasteiger partial charge on any atom is 0.305 e. The van der Waals surface area contributed by atoms with Gasteiger partial charge < -0.3 is 10.1 Å². The van der Waals surface area contributed by atoms with Crippen LogP contribution in [-0.4, -0.2) is 58.5 Å². The Balaban J connectivity index is 1.45. The van der Waals surface area contributed by atoms with E-state index in [1.807, 2.05) is 13.8 Å². The van der Waals surface area contributed by atoms with Crippen molar-refractivity contribution < 1.29 is 22.7 Å². The maximum atomic E-state index is 13.4. The van der Waals surface area contributed by atoms with Crippen molar-refractivity contribution in [1.29, 1.82) is 0 Å². The Morgan fingerprint density at radius 3 is 2.27 bits per heavy atom. The summed E-state index contributed by atoms with van der Waals surface area (Å²) in [7, 11) is -3.86. The van der Waals surface area contributed by atoms with E-state index in [1.54, 1.807) is 29.6 Å². The third-order valence-electron chi connectivity index (χ3n) is 8.07. The largest absolute Gasteiger partial charge is 0.465 e. The highest BCUT2D eigenvalue weighted by Crippen LogP contribution is 2.27. The molecule has 3 aromatic rings. The Kier molecular flexibility index (Phi) is 14.4. The molecule has 10 nitrogen and oxygen atoms in total. The molecule has 2 heterocycles. The van der Waals surface area contributed by atoms with Crippen molar-refractivity contribution in [1.82, 2.24) is 25.1 Å². The number of hydrogen-bond acceptors (Lipinski definition) is 7. The lowest BCUT2D eigenvalue weighted by Gasteiger charge is -2.21. The molecule has 3 rings (SSSR count). The van der Waals surface area contributed by atoms with Gasteiger partial charge in [0.2, 0.25) is 5.91 Å². The van der Waals surface area contributed by atoms with E-state index < -0.39 is 32.4 Å². The third kappa shape index (κ3) is 10.6. The first-order valence-electron chi connectivity index (χ1n) is 16.3. The van der Waals surface area contributed by atoms with Crippen molar-refractivity contribution in [3.8, 4) is 0 Å². The molecule has 0 aliphatic heterocycles. The quantitative estimate of drug-likeness (QED) is 0.0936. The normalized spacial score (nSPS) is 12.8. The average Bonchev–Trinajstić information content (AvgIpc) is 3.56. The molecule has 12 heteroatoms. The summed E-state index contributed by atoms with van der Waals surface area (Å²) in [4.78, 5) is 25.8. The van der Waals surface area contributed by atoms with E-state index in [-0.39, 0.29) is 30.9 Å². The summed E-state index contributed by atoms with van der Waals surface area (Å²) >= 11 is 6.26. The minimum Gasteiger partial charge on any atom is -0.465 e. The molecule has 0 fully saturated rings. The number of nitrogens with one attached hydrogen (secondary N) is 2. The highest BCUT2D eigenvalue weighted by Gasteiger charge is 2.33. The number of sulfone groups is 1. The van der Waals surface area contributed by atoms with Gasteiger partial charge in [0.25, 0.3) is 0 Å². The number of amides is 1. The van der Waals surface area contributed by atoms with Gasteiger partial charge in [0, 0.05) is 13.0 Å². The van der Waals surface area contributed by atoms with E-state index in [9.17, 15) is 18.0 Å². The van der Waals surface area contributed by atoms with E-state index in [4.69, 9.17) is 16.3 Å². The molecule has 0 saturated carbocycles. The number of benzene rings is 1. The van der Waals surface area contributed by atoms with Crippen LogP contribution in [0.5, 0.6) is 0 Å². The van der Waals surface area contributed by atoms with Gasteiger partial charge in [-0.1, -0.05) is 101 Å². The summed E-state index contributed by atoms with van der Waals surface area (Å²) in [5.74, 6) is -0.363. The molecular formula is C33H50ClN5O5S. The molecule has 45 heavy (non-hydrogen) atoms. The Morgan fingerprint density at radius 1 is 1.00 bits per heavy atom. The molecule has 0 aliphatic carbocycles. The SMILES string of the molecule is CCCCCCCCCCCCC(C(=O)NCCCC(=O)OCC(C)(C)c1n[nH]c2c(Cl)c(C)nn12)S(=O)(=O)c1ccccc1. The summed E-state index contributed by atoms with van der Waals surface area (Å²) in [6.45, 7) is 8.04. The van der Waals surface area contributed by atoms with E-state index >= 15 is 0 Å². The summed E-state index contributed by atoms with van der Waals surface area (Å²) in [6, 6.07) is 8.13. The average molecular weight is 664 g/mol. The zero-order chi connectivity index (χ0) is 32.9. The van der Waals surface area contributed by atoms with Crippen molar-refractivity contribution in [2.24, 2.45) is 0 Å². The fraction of sp³-hybridized carbons (Fsp3) is 0.636. The van der Waals surface area contributed by atoms with Gasteiger partial charge in [-0.25, -0.2) is 8.42 Å². The number of unbranched alkanes of at least 4 members (excludes halogenated alkanes) is 9. The van der Waals surface area contributed by atoms with Crippen LogP contribution in [0.3, 0.4) is 0 Å². The smallest absolute Gasteiger partial charge is 0.305 e. The van der Waals surface area contributed by atoms with Crippen molar-refractivity contribution in [3.63, 3.8) is 0 Å². The number of aromatic nitrogens is 4. The summed E-state index contributed by atoms with van der Waals surface area (Å²) in [5, 5.41) is 13.7. The van der Waals surface area contributed by atoms with Gasteiger partial charge in [-0.05, 0) is 45.7 Å². The van der Waals surface area contributed by atoms with Crippen molar-refractivity contribution in [2.75, 3.05) is 13.2 Å². The fourth-order valence-electron chi connectivity index (χ4n) is 5.32. The predicted molar refractivity (Wildman–Crippen MR) is 177 cm³/mol. The zero-order valence-corrected chi connectivity index (χ0v) is 28.8. The number of halogens is 1. The molecular weight excluding hydrogens is 614 g/mol. The van der Waals surface area contributed by atoms with Gasteiger partial charge >= 0.3 is 5.97 Å². The molecule has 0 saturated heterocycles. The molecule has 0 aliphatic rings. The lowest BCUT2D eigenvalue weighted by molar-refractivity contribution is -0.145. The molecule has 2 aromatic heterocycles. The molecule has 1 atom stereocenters. The Morgan fingerprint density at radius 2 is 1.62 bits per heavy atom. The van der Waals surface area contributed by atoms with Crippen molar-refractivity contribution >= 4 is 39.0 Å². The highest BCUT2D eigenvalue weighted by atomic mass is 35.5. The van der Waals surface area contributed by atoms with Gasteiger partial charge in [0.15, 0.2) is 21.3 Å². The van der Waals surface area contributed by atoms with E-state index in [2.05, 4.69) is 27.5 Å². The number of H-pyrrole nitrogens is 1. The Hall–Kier alpha value is -2.92. The Labute approximate surface area is 273 Å². The van der Waals surface area contributed by atoms with Crippen LogP contribution in [-0.2, 0) is 29.6 Å². The number of carbonyl (C=O) groups is 2. The predicted octanol–water partition coefficient (Wildman–Crippen LogP) is 6.89. The molecule has 0 radical (unpaired) electrons. The van der Waals surface area contributed by atoms with Crippen LogP contribution >= 0.6 is 11.6 Å². The number of aryl methyl sites for hydroxylation is 1. The second-order valence-corrected chi connectivity index (χ2v) is 15.0. The highest BCUT2D eigenvalue weighted by molar-refractivity contribution is 7.92. The van der Waals surface area contributed by atoms with Crippen LogP contribution in [0.15, 0.2) is 35.2 Å². The third-order valence-corrected chi connectivity index (χ3v) is 10.7. The molecule has 1 unspecified atom stereocenters. The Bertz CT molecular complexity index is 1470. The second kappa shape index (κ2) is 17.7. The zero-order valence-electron chi connectivity index (χ0n) is 27.2. The summed E-state index contributed by atoms with van der Waals surface area (Å²) in [6.07, 6.45) is 11.9. The number of esters is 1. The van der Waals surface area contributed by atoms with Crippen LogP contribution in [0.2, 0.25) is 5.02 Å². The van der Waals surface area contributed by atoms with Crippen molar-refractivity contribution in [2.45, 2.75) is 127 Å². The molecule has 250 valence electrons. The van der Waals surface area contributed by atoms with Gasteiger partial charge in [0.05, 0.1) is 16.0 Å². The number of ether oxygens (including phenoxy) is 1. The minimum atomic E-state index is -3.86. The van der Waals surface area contributed by atoms with Crippen LogP contribution in [0.4, 0.5) is 0 Å². The van der Waals surface area contributed by atoms with Crippen molar-refractivity contribution in [3.05, 3.63) is 46.9 Å². The molecule has 0 bridgehead atoms. The lowest BCUT2D eigenvalue weighted by Crippen LogP contribution is -2.40. The minimum absolute atomic E-state index is 0.0743. The van der Waals surface area contributed by atoms with Crippen LogP contribution in [0.1, 0.15) is 116 Å². The molecule has 0 spiro atoms. The number of rotatable bonds is 21. The molecule has 1 aromatic carbocycles. The lowest BCUT2D eigenvalue weighted by atomic mass is 9.94. The molecule has 2 N–H and O–H groups in total.